The number of ether oxygens (including phenoxy) is 1. The number of aliphatic hydroxyl groups is 2. The van der Waals surface area contributed by atoms with Gasteiger partial charge in [-0.25, -0.2) is 0 Å². The minimum atomic E-state index is -0.796. The van der Waals surface area contributed by atoms with Crippen LogP contribution in [0.1, 0.15) is 252 Å². The van der Waals surface area contributed by atoms with Crippen molar-refractivity contribution in [1.82, 2.24) is 5.32 Å². The Morgan fingerprint density at radius 1 is 0.492 bits per heavy atom. The molecule has 0 fully saturated rings. The summed E-state index contributed by atoms with van der Waals surface area (Å²) < 4.78 is 5.91. The molecule has 0 aromatic heterocycles. The number of esters is 1. The summed E-state index contributed by atoms with van der Waals surface area (Å²) in [7, 11) is 0. The van der Waals surface area contributed by atoms with Crippen molar-refractivity contribution in [1.29, 1.82) is 0 Å². The molecule has 1 amide bonds. The molecule has 0 heterocycles. The zero-order valence-electron chi connectivity index (χ0n) is 39.1. The van der Waals surface area contributed by atoms with Crippen LogP contribution in [0, 0.1) is 0 Å². The van der Waals surface area contributed by atoms with Gasteiger partial charge >= 0.3 is 5.97 Å². The average molecular weight is 828 g/mol. The molecule has 0 aliphatic rings. The fourth-order valence-electron chi connectivity index (χ4n) is 7.62. The number of aliphatic hydroxyl groups excluding tert-OH is 2. The Morgan fingerprint density at radius 3 is 1.34 bits per heavy atom. The number of hydrogen-bond donors (Lipinski definition) is 3. The molecule has 0 saturated heterocycles. The van der Waals surface area contributed by atoms with Gasteiger partial charge < -0.3 is 20.3 Å². The van der Waals surface area contributed by atoms with E-state index in [1.54, 1.807) is 0 Å². The molecule has 0 rings (SSSR count). The Morgan fingerprint density at radius 2 is 0.864 bits per heavy atom. The van der Waals surface area contributed by atoms with E-state index in [0.29, 0.717) is 19.3 Å². The van der Waals surface area contributed by atoms with Crippen molar-refractivity contribution in [3.63, 3.8) is 0 Å². The lowest BCUT2D eigenvalue weighted by Crippen LogP contribution is -2.46. The highest BCUT2D eigenvalue weighted by Gasteiger charge is 2.24. The van der Waals surface area contributed by atoms with Crippen LogP contribution in [-0.4, -0.2) is 46.9 Å². The summed E-state index contributed by atoms with van der Waals surface area (Å²) >= 11 is 0. The van der Waals surface area contributed by atoms with Crippen LogP contribution in [0.3, 0.4) is 0 Å². The first kappa shape index (κ1) is 56.8. The molecule has 0 radical (unpaired) electrons. The number of hydrogen-bond acceptors (Lipinski definition) is 5. The second kappa shape index (κ2) is 46.9. The van der Waals surface area contributed by atoms with E-state index in [0.717, 1.165) is 70.6 Å². The van der Waals surface area contributed by atoms with Gasteiger partial charge in [-0.05, 0) is 51.4 Å². The topological polar surface area (TPSA) is 95.9 Å². The van der Waals surface area contributed by atoms with Gasteiger partial charge in [0.25, 0.3) is 0 Å². The highest BCUT2D eigenvalue weighted by atomic mass is 16.5. The molecule has 0 spiro atoms. The molecule has 0 bridgehead atoms. The van der Waals surface area contributed by atoms with Crippen LogP contribution in [0.25, 0.3) is 0 Å². The van der Waals surface area contributed by atoms with E-state index in [9.17, 15) is 19.8 Å². The first-order valence-corrected chi connectivity index (χ1v) is 25.4. The Balaban J connectivity index is 4.67. The van der Waals surface area contributed by atoms with E-state index in [1.165, 1.54) is 135 Å². The quantitative estimate of drug-likeness (QED) is 0.0323. The van der Waals surface area contributed by atoms with Crippen molar-refractivity contribution >= 4 is 11.9 Å². The Kier molecular flexibility index (Phi) is 45.1. The summed E-state index contributed by atoms with van der Waals surface area (Å²) in [4.78, 5) is 26.1. The summed E-state index contributed by atoms with van der Waals surface area (Å²) in [5, 5.41) is 23.7. The highest BCUT2D eigenvalue weighted by molar-refractivity contribution is 5.77. The highest BCUT2D eigenvalue weighted by Crippen LogP contribution is 2.18. The van der Waals surface area contributed by atoms with Crippen LogP contribution in [0.5, 0.6) is 0 Å². The molecule has 344 valence electrons. The van der Waals surface area contributed by atoms with Crippen molar-refractivity contribution in [3.8, 4) is 0 Å². The van der Waals surface area contributed by atoms with Crippen LogP contribution in [0.2, 0.25) is 0 Å². The summed E-state index contributed by atoms with van der Waals surface area (Å²) in [5.74, 6) is -0.506. The number of rotatable bonds is 45. The number of amides is 1. The third-order valence-corrected chi connectivity index (χ3v) is 11.5. The SMILES string of the molecule is CCCCC/C=C/C=C/C=C/C=C/CCCCCC(CC(=O)NC(CO)C(O)CCCCCCCCCCCC)OC(=O)CCCCCCCCCCCCCCCC. The molecule has 3 atom stereocenters. The predicted octanol–water partition coefficient (Wildman–Crippen LogP) is 15.1. The summed E-state index contributed by atoms with van der Waals surface area (Å²) in [6.07, 6.45) is 55.9. The van der Waals surface area contributed by atoms with Crippen LogP contribution in [-0.2, 0) is 14.3 Å². The van der Waals surface area contributed by atoms with Gasteiger partial charge in [0.2, 0.25) is 5.91 Å². The minimum absolute atomic E-state index is 0.0537. The molecule has 6 nitrogen and oxygen atoms in total. The number of nitrogens with one attached hydrogen (secondary N) is 1. The van der Waals surface area contributed by atoms with E-state index in [4.69, 9.17) is 4.74 Å². The third kappa shape index (κ3) is 42.3. The van der Waals surface area contributed by atoms with E-state index >= 15 is 0 Å². The predicted molar refractivity (Wildman–Crippen MR) is 255 cm³/mol. The maximum Gasteiger partial charge on any atom is 0.306 e. The second-order valence-corrected chi connectivity index (χ2v) is 17.3. The normalized spacial score (nSPS) is 13.6. The van der Waals surface area contributed by atoms with Crippen LogP contribution in [0.15, 0.2) is 48.6 Å². The van der Waals surface area contributed by atoms with Crippen LogP contribution < -0.4 is 5.32 Å². The fourth-order valence-corrected chi connectivity index (χ4v) is 7.62. The van der Waals surface area contributed by atoms with Gasteiger partial charge in [0.05, 0.1) is 25.2 Å². The second-order valence-electron chi connectivity index (χ2n) is 17.3. The zero-order chi connectivity index (χ0) is 43.1. The molecule has 0 aliphatic carbocycles. The summed E-state index contributed by atoms with van der Waals surface area (Å²) in [6, 6.07) is -0.712. The van der Waals surface area contributed by atoms with Gasteiger partial charge in [0.1, 0.15) is 6.10 Å². The standard InChI is InChI=1S/C53H97NO5/c1-4-7-10-13-16-19-22-24-26-27-28-30-32-35-38-41-44-49(59-53(58)46-43-40-37-34-31-29-25-23-20-17-14-11-8-5-2)47-52(57)54-50(48-55)51(56)45-42-39-36-33-21-18-15-12-9-6-3/h16,19,22,24,26-28,30,49-51,55-56H,4-15,17-18,20-21,23,25,29,31-48H2,1-3H3,(H,54,57)/b19-16+,24-22+,27-26+,30-28+. The Bertz CT molecular complexity index is 1020. The van der Waals surface area contributed by atoms with Crippen LogP contribution >= 0.6 is 0 Å². The van der Waals surface area contributed by atoms with Gasteiger partial charge in [-0.15, -0.1) is 0 Å². The lowest BCUT2D eigenvalue weighted by Gasteiger charge is -2.24. The number of carbonyl (C=O) groups excluding carboxylic acids is 2. The molecule has 3 unspecified atom stereocenters. The van der Waals surface area contributed by atoms with E-state index < -0.39 is 18.2 Å². The maximum absolute atomic E-state index is 13.2. The van der Waals surface area contributed by atoms with Gasteiger partial charge in [0.15, 0.2) is 0 Å². The zero-order valence-corrected chi connectivity index (χ0v) is 39.1. The summed E-state index contributed by atoms with van der Waals surface area (Å²) in [5.41, 5.74) is 0. The Hall–Kier alpha value is -2.18. The number of unbranched alkanes of at least 4 members (excludes halogenated alkanes) is 28. The minimum Gasteiger partial charge on any atom is -0.462 e. The first-order valence-electron chi connectivity index (χ1n) is 25.4. The van der Waals surface area contributed by atoms with E-state index in [-0.39, 0.29) is 24.9 Å². The molecule has 0 aliphatic heterocycles. The number of carbonyl (C=O) groups is 2. The first-order chi connectivity index (χ1) is 29.0. The lowest BCUT2D eigenvalue weighted by molar-refractivity contribution is -0.151. The van der Waals surface area contributed by atoms with Gasteiger partial charge in [0, 0.05) is 6.42 Å². The van der Waals surface area contributed by atoms with Crippen molar-refractivity contribution in [2.75, 3.05) is 6.61 Å². The third-order valence-electron chi connectivity index (χ3n) is 11.5. The summed E-state index contributed by atoms with van der Waals surface area (Å²) in [6.45, 7) is 6.43. The van der Waals surface area contributed by atoms with Crippen molar-refractivity contribution in [2.45, 2.75) is 270 Å². The van der Waals surface area contributed by atoms with Crippen LogP contribution in [0.4, 0.5) is 0 Å². The molecule has 3 N–H and O–H groups in total. The maximum atomic E-state index is 13.2. The van der Waals surface area contributed by atoms with E-state index in [2.05, 4.69) is 68.6 Å². The van der Waals surface area contributed by atoms with Gasteiger partial charge in [-0.3, -0.25) is 9.59 Å². The molecule has 6 heteroatoms. The molecule has 0 aromatic rings. The Labute approximate surface area is 366 Å². The molecular formula is C53H97NO5. The molecule has 0 aromatic carbocycles. The van der Waals surface area contributed by atoms with Crippen molar-refractivity contribution in [3.05, 3.63) is 48.6 Å². The van der Waals surface area contributed by atoms with Crippen molar-refractivity contribution < 1.29 is 24.5 Å². The molecule has 59 heavy (non-hydrogen) atoms. The molecular weight excluding hydrogens is 731 g/mol. The molecule has 0 saturated carbocycles. The van der Waals surface area contributed by atoms with Gasteiger partial charge in [-0.1, -0.05) is 236 Å². The van der Waals surface area contributed by atoms with E-state index in [1.807, 2.05) is 6.08 Å². The lowest BCUT2D eigenvalue weighted by atomic mass is 10.0. The van der Waals surface area contributed by atoms with Gasteiger partial charge in [-0.2, -0.15) is 0 Å². The number of allylic oxidation sites excluding steroid dienone is 8. The smallest absolute Gasteiger partial charge is 0.306 e. The average Bonchev–Trinajstić information content (AvgIpc) is 3.23. The fraction of sp³-hybridized carbons (Fsp3) is 0.811. The largest absolute Gasteiger partial charge is 0.462 e. The van der Waals surface area contributed by atoms with Crippen molar-refractivity contribution in [2.24, 2.45) is 0 Å². The monoisotopic (exact) mass is 828 g/mol.